The second-order valence-corrected chi connectivity index (χ2v) is 7.87. The number of hydrogen-bond donors (Lipinski definition) is 2. The van der Waals surface area contributed by atoms with Gasteiger partial charge < -0.3 is 19.9 Å². The highest BCUT2D eigenvalue weighted by Crippen LogP contribution is 2.26. The molecule has 0 spiro atoms. The van der Waals surface area contributed by atoms with Gasteiger partial charge in [0.05, 0.1) is 30.6 Å². The average molecular weight is 376 g/mol. The monoisotopic (exact) mass is 376 g/mol. The predicted molar refractivity (Wildman–Crippen MR) is 100 cm³/mol. The van der Waals surface area contributed by atoms with Gasteiger partial charge in [-0.1, -0.05) is 0 Å². The zero-order valence-electron chi connectivity index (χ0n) is 16.1. The molecule has 2 aromatic heterocycles. The fraction of sp³-hybridized carbons (Fsp3) is 0.632. The van der Waals surface area contributed by atoms with E-state index in [9.17, 15) is 9.90 Å². The summed E-state index contributed by atoms with van der Waals surface area (Å²) < 4.78 is 12.9. The Morgan fingerprint density at radius 2 is 2.26 bits per heavy atom. The Labute approximate surface area is 158 Å². The summed E-state index contributed by atoms with van der Waals surface area (Å²) in [5.74, 6) is 0. The first-order chi connectivity index (χ1) is 12.9. The Hall–Kier alpha value is -2.19. The van der Waals surface area contributed by atoms with Crippen LogP contribution in [0.4, 0.5) is 4.79 Å². The molecule has 2 atom stereocenters. The fourth-order valence-electron chi connectivity index (χ4n) is 3.14. The van der Waals surface area contributed by atoms with Crippen LogP contribution < -0.4 is 5.32 Å². The van der Waals surface area contributed by atoms with Crippen molar-refractivity contribution in [1.82, 2.24) is 20.1 Å². The van der Waals surface area contributed by atoms with E-state index in [1.54, 1.807) is 33.2 Å². The Morgan fingerprint density at radius 1 is 1.44 bits per heavy atom. The van der Waals surface area contributed by atoms with Crippen molar-refractivity contribution in [3.05, 3.63) is 24.2 Å². The molecule has 2 aromatic rings. The molecule has 1 unspecified atom stereocenters. The third kappa shape index (κ3) is 5.17. The van der Waals surface area contributed by atoms with E-state index < -0.39 is 17.7 Å². The minimum Gasteiger partial charge on any atom is -0.444 e. The number of aromatic nitrogens is 3. The predicted octanol–water partition coefficient (Wildman–Crippen LogP) is 2.56. The normalized spacial score (nSPS) is 19.0. The van der Waals surface area contributed by atoms with Gasteiger partial charge in [-0.15, -0.1) is 0 Å². The molecule has 3 heterocycles. The molecule has 1 aliphatic heterocycles. The number of rotatable bonds is 5. The van der Waals surface area contributed by atoms with E-state index in [0.29, 0.717) is 6.42 Å². The van der Waals surface area contributed by atoms with Crippen LogP contribution in [0.5, 0.6) is 0 Å². The molecular weight excluding hydrogens is 348 g/mol. The van der Waals surface area contributed by atoms with Crippen molar-refractivity contribution in [1.29, 1.82) is 0 Å². The number of pyridine rings is 1. The lowest BCUT2D eigenvalue weighted by Gasteiger charge is -2.23. The quantitative estimate of drug-likeness (QED) is 0.832. The summed E-state index contributed by atoms with van der Waals surface area (Å²) in [6, 6.07) is 1.46. The molecule has 8 nitrogen and oxygen atoms in total. The van der Waals surface area contributed by atoms with Crippen LogP contribution in [-0.2, 0) is 15.9 Å². The van der Waals surface area contributed by atoms with Gasteiger partial charge in [-0.3, -0.25) is 4.98 Å². The van der Waals surface area contributed by atoms with Crippen molar-refractivity contribution < 1.29 is 19.4 Å². The van der Waals surface area contributed by atoms with E-state index in [-0.39, 0.29) is 12.8 Å². The van der Waals surface area contributed by atoms with Gasteiger partial charge in [-0.2, -0.15) is 5.10 Å². The molecule has 0 aliphatic carbocycles. The maximum absolute atomic E-state index is 11.9. The Bertz CT molecular complexity index is 778. The summed E-state index contributed by atoms with van der Waals surface area (Å²) >= 11 is 0. The van der Waals surface area contributed by atoms with Crippen molar-refractivity contribution in [2.24, 2.45) is 0 Å². The molecule has 1 fully saturated rings. The largest absolute Gasteiger partial charge is 0.444 e. The van der Waals surface area contributed by atoms with Crippen molar-refractivity contribution in [2.45, 2.75) is 64.3 Å². The Balaban J connectivity index is 1.68. The van der Waals surface area contributed by atoms with Crippen LogP contribution in [-0.4, -0.2) is 50.8 Å². The van der Waals surface area contributed by atoms with Crippen molar-refractivity contribution in [2.75, 3.05) is 13.2 Å². The third-order valence-corrected chi connectivity index (χ3v) is 4.36. The average Bonchev–Trinajstić information content (AvgIpc) is 3.03. The summed E-state index contributed by atoms with van der Waals surface area (Å²) in [6.45, 7) is 5.94. The Kier molecular flexibility index (Phi) is 5.96. The smallest absolute Gasteiger partial charge is 0.407 e. The van der Waals surface area contributed by atoms with Crippen LogP contribution in [0.2, 0.25) is 0 Å². The topological polar surface area (TPSA) is 98.5 Å². The molecule has 2 N–H and O–H groups in total. The number of amides is 1. The number of fused-ring (bicyclic) bond motifs is 1. The second-order valence-electron chi connectivity index (χ2n) is 7.87. The summed E-state index contributed by atoms with van der Waals surface area (Å²) in [5, 5.41) is 17.7. The van der Waals surface area contributed by atoms with Gasteiger partial charge in [0.25, 0.3) is 0 Å². The number of nitrogens with one attached hydrogen (secondary N) is 1. The Morgan fingerprint density at radius 3 is 2.93 bits per heavy atom. The van der Waals surface area contributed by atoms with Crippen LogP contribution in [0.1, 0.15) is 52.0 Å². The van der Waals surface area contributed by atoms with E-state index in [0.717, 1.165) is 42.5 Å². The standard InChI is InChI=1S/C19H28N4O4/c1-19(2,3)27-18(25)22-15(12-24)9-14-8-13-10-21-23(16(13)11-20-14)17-6-4-5-7-26-17/h8,10-11,15,17,24H,4-7,9,12H2,1-3H3,(H,22,25)/t15-,17?/m0/s1. The molecule has 3 rings (SSSR count). The molecule has 1 aliphatic rings. The van der Waals surface area contributed by atoms with Gasteiger partial charge >= 0.3 is 6.09 Å². The maximum atomic E-state index is 11.9. The molecule has 0 saturated carbocycles. The van der Waals surface area contributed by atoms with Crippen molar-refractivity contribution in [3.8, 4) is 0 Å². The van der Waals surface area contributed by atoms with Crippen LogP contribution in [0.3, 0.4) is 0 Å². The lowest BCUT2D eigenvalue weighted by molar-refractivity contribution is -0.0367. The lowest BCUT2D eigenvalue weighted by Crippen LogP contribution is -2.42. The van der Waals surface area contributed by atoms with Crippen LogP contribution in [0, 0.1) is 0 Å². The number of nitrogens with zero attached hydrogens (tertiary/aromatic N) is 3. The van der Waals surface area contributed by atoms with E-state index in [2.05, 4.69) is 15.4 Å². The number of carbonyl (C=O) groups excluding carboxylic acids is 1. The molecule has 148 valence electrons. The molecule has 0 aromatic carbocycles. The van der Waals surface area contributed by atoms with Crippen molar-refractivity contribution in [3.63, 3.8) is 0 Å². The zero-order valence-corrected chi connectivity index (χ0v) is 16.1. The van der Waals surface area contributed by atoms with Gasteiger partial charge in [0.1, 0.15) is 5.60 Å². The van der Waals surface area contributed by atoms with E-state index >= 15 is 0 Å². The first-order valence-corrected chi connectivity index (χ1v) is 9.40. The first kappa shape index (κ1) is 19.6. The highest BCUT2D eigenvalue weighted by atomic mass is 16.6. The number of alkyl carbamates (subject to hydrolysis) is 1. The number of aliphatic hydroxyl groups excluding tert-OH is 1. The molecule has 1 amide bonds. The van der Waals surface area contributed by atoms with Gasteiger partial charge in [0, 0.05) is 24.1 Å². The first-order valence-electron chi connectivity index (χ1n) is 9.40. The minimum atomic E-state index is -0.586. The zero-order chi connectivity index (χ0) is 19.4. The number of ether oxygens (including phenoxy) is 2. The molecular formula is C19H28N4O4. The summed E-state index contributed by atoms with van der Waals surface area (Å²) in [5.41, 5.74) is 1.10. The van der Waals surface area contributed by atoms with E-state index in [1.165, 1.54) is 0 Å². The molecule has 0 radical (unpaired) electrons. The molecule has 1 saturated heterocycles. The van der Waals surface area contributed by atoms with Crippen molar-refractivity contribution >= 4 is 17.0 Å². The number of aliphatic hydroxyl groups is 1. The third-order valence-electron chi connectivity index (χ3n) is 4.36. The summed E-state index contributed by atoms with van der Waals surface area (Å²) in [4.78, 5) is 16.4. The summed E-state index contributed by atoms with van der Waals surface area (Å²) in [6.07, 6.45) is 6.55. The number of hydrogen-bond acceptors (Lipinski definition) is 6. The molecule has 0 bridgehead atoms. The van der Waals surface area contributed by atoms with Crippen LogP contribution in [0.25, 0.3) is 10.9 Å². The molecule has 27 heavy (non-hydrogen) atoms. The van der Waals surface area contributed by atoms with E-state index in [4.69, 9.17) is 9.47 Å². The highest BCUT2D eigenvalue weighted by Gasteiger charge is 2.21. The highest BCUT2D eigenvalue weighted by molar-refractivity contribution is 5.78. The lowest BCUT2D eigenvalue weighted by atomic mass is 10.1. The SMILES string of the molecule is CC(C)(C)OC(=O)N[C@H](CO)Cc1cc2cnn(C3CCCCO3)c2cn1. The molecule has 8 heteroatoms. The van der Waals surface area contributed by atoms with Gasteiger partial charge in [0.15, 0.2) is 6.23 Å². The van der Waals surface area contributed by atoms with Crippen LogP contribution >= 0.6 is 0 Å². The van der Waals surface area contributed by atoms with Crippen LogP contribution in [0.15, 0.2) is 18.5 Å². The summed E-state index contributed by atoms with van der Waals surface area (Å²) in [7, 11) is 0. The minimum absolute atomic E-state index is 0.0390. The maximum Gasteiger partial charge on any atom is 0.407 e. The van der Waals surface area contributed by atoms with Gasteiger partial charge in [-0.05, 0) is 46.1 Å². The fourth-order valence-corrected chi connectivity index (χ4v) is 3.14. The number of carbonyl (C=O) groups is 1. The van der Waals surface area contributed by atoms with Gasteiger partial charge in [0.2, 0.25) is 0 Å². The van der Waals surface area contributed by atoms with Gasteiger partial charge in [-0.25, -0.2) is 9.48 Å². The second kappa shape index (κ2) is 8.22. The van der Waals surface area contributed by atoms with E-state index in [1.807, 2.05) is 10.7 Å².